The molecule has 0 atom stereocenters. The van der Waals surface area contributed by atoms with Gasteiger partial charge in [-0.2, -0.15) is 0 Å². The Bertz CT molecular complexity index is 642. The molecule has 0 unspecified atom stereocenters. The van der Waals surface area contributed by atoms with Crippen molar-refractivity contribution < 1.29 is 4.74 Å². The zero-order valence-electron chi connectivity index (χ0n) is 12.8. The first kappa shape index (κ1) is 16.6. The summed E-state index contributed by atoms with van der Waals surface area (Å²) in [6.45, 7) is 8.74. The van der Waals surface area contributed by atoms with Gasteiger partial charge in [-0.25, -0.2) is 0 Å². The van der Waals surface area contributed by atoms with E-state index in [1.807, 2.05) is 12.1 Å². The van der Waals surface area contributed by atoms with Crippen LogP contribution in [-0.4, -0.2) is 0 Å². The van der Waals surface area contributed by atoms with Gasteiger partial charge in [-0.05, 0) is 30.5 Å². The molecular weight excluding hydrogens is 392 g/mol. The molecule has 0 bridgehead atoms. The summed E-state index contributed by atoms with van der Waals surface area (Å²) in [7, 11) is 0. The smallest absolute Gasteiger partial charge is 0.132 e. The van der Waals surface area contributed by atoms with Crippen molar-refractivity contribution in [2.45, 2.75) is 38.4 Å². The zero-order chi connectivity index (χ0) is 15.6. The quantitative estimate of drug-likeness (QED) is 0.508. The minimum atomic E-state index is 0.0436. The lowest BCUT2D eigenvalue weighted by Gasteiger charge is -2.24. The van der Waals surface area contributed by atoms with Gasteiger partial charge in [-0.15, -0.1) is 0 Å². The highest BCUT2D eigenvalue weighted by Crippen LogP contribution is 2.37. The molecule has 0 spiro atoms. The van der Waals surface area contributed by atoms with Gasteiger partial charge in [0.15, 0.2) is 0 Å². The summed E-state index contributed by atoms with van der Waals surface area (Å²) in [6.07, 6.45) is 0. The summed E-state index contributed by atoms with van der Waals surface area (Å²) >= 11 is 7.03. The fraction of sp³-hybridized carbons (Fsp3) is 0.333. The van der Waals surface area contributed by atoms with Crippen LogP contribution in [0, 0.1) is 6.92 Å². The van der Waals surface area contributed by atoms with Gasteiger partial charge in [0.1, 0.15) is 11.5 Å². The Morgan fingerprint density at radius 3 is 2.33 bits per heavy atom. The Kier molecular flexibility index (Phi) is 5.15. The summed E-state index contributed by atoms with van der Waals surface area (Å²) < 4.78 is 7.25. The number of halogens is 2. The van der Waals surface area contributed by atoms with Crippen LogP contribution in [0.5, 0.6) is 11.5 Å². The van der Waals surface area contributed by atoms with Crippen LogP contribution in [-0.2, 0) is 10.7 Å². The summed E-state index contributed by atoms with van der Waals surface area (Å²) in [5, 5.41) is 0.770. The van der Waals surface area contributed by atoms with E-state index in [2.05, 4.69) is 83.8 Å². The number of rotatable bonds is 3. The first-order valence-electron chi connectivity index (χ1n) is 6.94. The van der Waals surface area contributed by atoms with Gasteiger partial charge in [-0.1, -0.05) is 76.4 Å². The first-order chi connectivity index (χ1) is 9.81. The number of benzene rings is 2. The Morgan fingerprint density at radius 2 is 1.71 bits per heavy atom. The van der Waals surface area contributed by atoms with Crippen LogP contribution < -0.4 is 4.74 Å². The molecule has 3 heteroatoms. The number of hydrogen-bond donors (Lipinski definition) is 0. The average molecular weight is 412 g/mol. The summed E-state index contributed by atoms with van der Waals surface area (Å²) in [4.78, 5) is 0. The van der Waals surface area contributed by atoms with Gasteiger partial charge in [0, 0.05) is 20.9 Å². The molecular formula is C18H20Br2O. The molecule has 0 amide bonds. The minimum absolute atomic E-state index is 0.0436. The van der Waals surface area contributed by atoms with Crippen LogP contribution >= 0.6 is 31.9 Å². The van der Waals surface area contributed by atoms with Crippen molar-refractivity contribution in [3.63, 3.8) is 0 Å². The standard InChI is InChI=1S/C18H20Br2O/c1-12-5-8-16(15(9-12)18(2,3)4)21-17-10-14(20)7-6-13(17)11-19/h5-10H,11H2,1-4H3. The SMILES string of the molecule is Cc1ccc(Oc2cc(Br)ccc2CBr)c(C(C)(C)C)c1. The third-order valence-electron chi connectivity index (χ3n) is 3.34. The van der Waals surface area contributed by atoms with Gasteiger partial charge in [-0.3, -0.25) is 0 Å². The van der Waals surface area contributed by atoms with E-state index in [1.165, 1.54) is 11.1 Å². The molecule has 2 rings (SSSR count). The second-order valence-corrected chi connectivity index (χ2v) is 7.71. The predicted octanol–water partition coefficient (Wildman–Crippen LogP) is 6.74. The summed E-state index contributed by atoms with van der Waals surface area (Å²) in [6, 6.07) is 12.5. The normalized spacial score (nSPS) is 11.5. The molecule has 0 radical (unpaired) electrons. The van der Waals surface area contributed by atoms with Gasteiger partial charge in [0.2, 0.25) is 0 Å². The lowest BCUT2D eigenvalue weighted by atomic mass is 9.85. The third kappa shape index (κ3) is 4.10. The molecule has 112 valence electrons. The van der Waals surface area contributed by atoms with Crippen molar-refractivity contribution in [1.29, 1.82) is 0 Å². The molecule has 2 aromatic carbocycles. The van der Waals surface area contributed by atoms with Gasteiger partial charge >= 0.3 is 0 Å². The van der Waals surface area contributed by atoms with Crippen LogP contribution in [0.1, 0.15) is 37.5 Å². The van der Waals surface area contributed by atoms with Gasteiger partial charge in [0.25, 0.3) is 0 Å². The molecule has 0 aliphatic rings. The molecule has 0 fully saturated rings. The third-order valence-corrected chi connectivity index (χ3v) is 4.43. The Hall–Kier alpha value is -0.800. The summed E-state index contributed by atoms with van der Waals surface area (Å²) in [5.41, 5.74) is 3.66. The predicted molar refractivity (Wildman–Crippen MR) is 96.7 cm³/mol. The molecule has 0 aliphatic heterocycles. The van der Waals surface area contributed by atoms with Gasteiger partial charge in [0.05, 0.1) is 0 Å². The number of aryl methyl sites for hydroxylation is 1. The van der Waals surface area contributed by atoms with E-state index in [1.54, 1.807) is 0 Å². The lowest BCUT2D eigenvalue weighted by molar-refractivity contribution is 0.451. The van der Waals surface area contributed by atoms with Crippen LogP contribution in [0.3, 0.4) is 0 Å². The van der Waals surface area contributed by atoms with E-state index in [-0.39, 0.29) is 5.41 Å². The van der Waals surface area contributed by atoms with E-state index in [9.17, 15) is 0 Å². The fourth-order valence-corrected chi connectivity index (χ4v) is 2.97. The zero-order valence-corrected chi connectivity index (χ0v) is 16.0. The van der Waals surface area contributed by atoms with Crippen molar-refractivity contribution in [1.82, 2.24) is 0 Å². The monoisotopic (exact) mass is 410 g/mol. The highest BCUT2D eigenvalue weighted by Gasteiger charge is 2.20. The van der Waals surface area contributed by atoms with Crippen LogP contribution in [0.15, 0.2) is 40.9 Å². The van der Waals surface area contributed by atoms with Crippen molar-refractivity contribution in [3.05, 3.63) is 57.6 Å². The Morgan fingerprint density at radius 1 is 1.00 bits per heavy atom. The highest BCUT2D eigenvalue weighted by molar-refractivity contribution is 9.10. The Balaban J connectivity index is 2.47. The average Bonchev–Trinajstić information content (AvgIpc) is 2.40. The molecule has 0 aliphatic carbocycles. The molecule has 21 heavy (non-hydrogen) atoms. The van der Waals surface area contributed by atoms with E-state index < -0.39 is 0 Å². The maximum atomic E-state index is 6.23. The van der Waals surface area contributed by atoms with E-state index in [4.69, 9.17) is 4.74 Å². The molecule has 0 N–H and O–H groups in total. The number of hydrogen-bond acceptors (Lipinski definition) is 1. The second-order valence-electron chi connectivity index (χ2n) is 6.24. The van der Waals surface area contributed by atoms with Crippen molar-refractivity contribution in [3.8, 4) is 11.5 Å². The van der Waals surface area contributed by atoms with Crippen LogP contribution in [0.25, 0.3) is 0 Å². The number of ether oxygens (including phenoxy) is 1. The maximum absolute atomic E-state index is 6.23. The minimum Gasteiger partial charge on any atom is -0.457 e. The second kappa shape index (κ2) is 6.53. The first-order valence-corrected chi connectivity index (χ1v) is 8.86. The highest BCUT2D eigenvalue weighted by atomic mass is 79.9. The van der Waals surface area contributed by atoms with Gasteiger partial charge < -0.3 is 4.74 Å². The molecule has 0 heterocycles. The Labute approximate surface area is 144 Å². The largest absolute Gasteiger partial charge is 0.457 e. The van der Waals surface area contributed by atoms with E-state index in [0.717, 1.165) is 26.9 Å². The summed E-state index contributed by atoms with van der Waals surface area (Å²) in [5.74, 6) is 1.81. The topological polar surface area (TPSA) is 9.23 Å². The maximum Gasteiger partial charge on any atom is 0.132 e. The molecule has 2 aromatic rings. The van der Waals surface area contributed by atoms with Crippen molar-refractivity contribution >= 4 is 31.9 Å². The molecule has 0 aromatic heterocycles. The molecule has 0 saturated carbocycles. The van der Waals surface area contributed by atoms with Crippen LogP contribution in [0.2, 0.25) is 0 Å². The van der Waals surface area contributed by atoms with Crippen LogP contribution in [0.4, 0.5) is 0 Å². The lowest BCUT2D eigenvalue weighted by Crippen LogP contribution is -2.13. The fourth-order valence-electron chi connectivity index (χ4n) is 2.17. The number of alkyl halides is 1. The molecule has 1 nitrogen and oxygen atoms in total. The van der Waals surface area contributed by atoms with Crippen molar-refractivity contribution in [2.75, 3.05) is 0 Å². The van der Waals surface area contributed by atoms with E-state index in [0.29, 0.717) is 0 Å². The molecule has 0 saturated heterocycles. The van der Waals surface area contributed by atoms with E-state index >= 15 is 0 Å². The van der Waals surface area contributed by atoms with Crippen molar-refractivity contribution in [2.24, 2.45) is 0 Å².